The Hall–Kier alpha value is -0.540. The third kappa shape index (κ3) is 14.2. The molecular formula is C24H44BrNO. The van der Waals surface area contributed by atoms with Crippen LogP contribution >= 0.6 is 17.0 Å². The summed E-state index contributed by atoms with van der Waals surface area (Å²) in [5, 5.41) is 0. The summed E-state index contributed by atoms with van der Waals surface area (Å²) in [7, 11) is 0. The summed E-state index contributed by atoms with van der Waals surface area (Å²) in [4.78, 5) is 0. The Morgan fingerprint density at radius 3 is 1.67 bits per heavy atom. The molecule has 3 heteroatoms. The van der Waals surface area contributed by atoms with Gasteiger partial charge in [-0.3, -0.25) is 0 Å². The second-order valence-corrected chi connectivity index (χ2v) is 8.42. The van der Waals surface area contributed by atoms with E-state index in [0.717, 1.165) is 12.2 Å². The molecule has 1 atom stereocenters. The number of halogens is 1. The van der Waals surface area contributed by atoms with Gasteiger partial charge in [0.15, 0.2) is 0 Å². The number of hydrogen-bond donors (Lipinski definition) is 1. The molecule has 0 saturated carbocycles. The summed E-state index contributed by atoms with van der Waals surface area (Å²) < 4.78 is 6.15. The largest absolute Gasteiger partial charge is 0.489 e. The monoisotopic (exact) mass is 441 g/mol. The normalized spacial score (nSPS) is 12.4. The van der Waals surface area contributed by atoms with Crippen LogP contribution < -0.4 is 10.5 Å². The van der Waals surface area contributed by atoms with E-state index in [4.69, 9.17) is 10.5 Å². The van der Waals surface area contributed by atoms with Crippen LogP contribution in [0, 0.1) is 0 Å². The maximum atomic E-state index is 6.34. The highest BCUT2D eigenvalue weighted by molar-refractivity contribution is 8.93. The van der Waals surface area contributed by atoms with E-state index < -0.39 is 0 Å². The number of nitrogens with two attached hydrogens (primary N) is 1. The molecule has 0 fully saturated rings. The Balaban J connectivity index is 0.00000676. The molecule has 2 N–H and O–H groups in total. The minimum atomic E-state index is -0.312. The number of para-hydroxylation sites is 1. The highest BCUT2D eigenvalue weighted by Crippen LogP contribution is 2.21. The average Bonchev–Trinajstić information content (AvgIpc) is 2.61. The molecule has 0 aliphatic rings. The molecule has 0 aromatic heterocycles. The Morgan fingerprint density at radius 1 is 0.778 bits per heavy atom. The van der Waals surface area contributed by atoms with Gasteiger partial charge in [-0.25, -0.2) is 0 Å². The summed E-state index contributed by atoms with van der Waals surface area (Å²) in [6.07, 6.45) is 17.6. The van der Waals surface area contributed by atoms with Crippen molar-refractivity contribution in [2.24, 2.45) is 5.73 Å². The summed E-state index contributed by atoms with van der Waals surface area (Å²) in [6.45, 7) is 6.42. The molecule has 1 unspecified atom stereocenters. The molecule has 0 aliphatic heterocycles. The zero-order chi connectivity index (χ0) is 19.1. The van der Waals surface area contributed by atoms with Crippen LogP contribution in [0.5, 0.6) is 5.75 Å². The zero-order valence-corrected chi connectivity index (χ0v) is 19.8. The van der Waals surface area contributed by atoms with Crippen molar-refractivity contribution in [3.05, 3.63) is 30.3 Å². The molecule has 0 aliphatic carbocycles. The maximum absolute atomic E-state index is 6.34. The van der Waals surface area contributed by atoms with Crippen molar-refractivity contribution in [2.45, 2.75) is 116 Å². The predicted molar refractivity (Wildman–Crippen MR) is 125 cm³/mol. The minimum Gasteiger partial charge on any atom is -0.489 e. The number of benzene rings is 1. The minimum absolute atomic E-state index is 0. The van der Waals surface area contributed by atoms with E-state index in [9.17, 15) is 0 Å². The van der Waals surface area contributed by atoms with Gasteiger partial charge in [-0.2, -0.15) is 0 Å². The molecule has 1 rings (SSSR count). The van der Waals surface area contributed by atoms with Gasteiger partial charge in [0.2, 0.25) is 0 Å². The molecule has 0 saturated heterocycles. The van der Waals surface area contributed by atoms with Crippen LogP contribution in [0.4, 0.5) is 0 Å². The third-order valence-electron chi connectivity index (χ3n) is 5.17. The fourth-order valence-electron chi connectivity index (χ4n) is 3.42. The molecule has 1 aromatic carbocycles. The summed E-state index contributed by atoms with van der Waals surface area (Å²) in [5.74, 6) is 0.926. The topological polar surface area (TPSA) is 35.2 Å². The van der Waals surface area contributed by atoms with Gasteiger partial charge in [0.05, 0.1) is 0 Å². The van der Waals surface area contributed by atoms with Gasteiger partial charge in [0, 0.05) is 5.54 Å². The smallest absolute Gasteiger partial charge is 0.119 e. The second kappa shape index (κ2) is 16.4. The lowest BCUT2D eigenvalue weighted by Gasteiger charge is -2.31. The Morgan fingerprint density at radius 2 is 1.22 bits per heavy atom. The zero-order valence-electron chi connectivity index (χ0n) is 18.1. The first kappa shape index (κ1) is 26.5. The first-order valence-electron chi connectivity index (χ1n) is 11.0. The molecule has 0 spiro atoms. The van der Waals surface area contributed by atoms with Gasteiger partial charge >= 0.3 is 0 Å². The quantitative estimate of drug-likeness (QED) is 0.265. The van der Waals surface area contributed by atoms with Gasteiger partial charge in [0.25, 0.3) is 0 Å². The fourth-order valence-corrected chi connectivity index (χ4v) is 3.42. The predicted octanol–water partition coefficient (Wildman–Crippen LogP) is 7.84. The van der Waals surface area contributed by atoms with E-state index in [0.29, 0.717) is 0 Å². The van der Waals surface area contributed by atoms with Gasteiger partial charge in [-0.15, -0.1) is 17.0 Å². The van der Waals surface area contributed by atoms with Crippen molar-refractivity contribution in [3.63, 3.8) is 0 Å². The molecule has 158 valence electrons. The van der Waals surface area contributed by atoms with Crippen molar-refractivity contribution in [1.82, 2.24) is 0 Å². The Labute approximate surface area is 179 Å². The lowest BCUT2D eigenvalue weighted by molar-refractivity contribution is 0.117. The maximum Gasteiger partial charge on any atom is 0.119 e. The second-order valence-electron chi connectivity index (χ2n) is 8.42. The molecule has 0 radical (unpaired) electrons. The summed E-state index contributed by atoms with van der Waals surface area (Å²) >= 11 is 0. The molecule has 27 heavy (non-hydrogen) atoms. The van der Waals surface area contributed by atoms with Crippen LogP contribution in [0.2, 0.25) is 0 Å². The van der Waals surface area contributed by atoms with E-state index in [1.165, 1.54) is 77.0 Å². The molecule has 1 aromatic rings. The molecular weight excluding hydrogens is 398 g/mol. The van der Waals surface area contributed by atoms with Crippen LogP contribution in [0.25, 0.3) is 0 Å². The highest BCUT2D eigenvalue weighted by Gasteiger charge is 2.26. The lowest BCUT2D eigenvalue weighted by atomic mass is 9.93. The Bertz CT molecular complexity index is 430. The average molecular weight is 443 g/mol. The van der Waals surface area contributed by atoms with E-state index >= 15 is 0 Å². The molecule has 0 heterocycles. The molecule has 0 amide bonds. The van der Waals surface area contributed by atoms with Crippen molar-refractivity contribution >= 4 is 17.0 Å². The number of ether oxygens (including phenoxy) is 1. The van der Waals surface area contributed by atoms with Gasteiger partial charge in [-0.05, 0) is 38.8 Å². The third-order valence-corrected chi connectivity index (χ3v) is 5.17. The van der Waals surface area contributed by atoms with E-state index in [-0.39, 0.29) is 28.6 Å². The summed E-state index contributed by atoms with van der Waals surface area (Å²) in [5.41, 5.74) is 6.03. The van der Waals surface area contributed by atoms with E-state index in [1.54, 1.807) is 0 Å². The van der Waals surface area contributed by atoms with Crippen LogP contribution in [-0.2, 0) is 0 Å². The lowest BCUT2D eigenvalue weighted by Crippen LogP contribution is -2.48. The molecule has 0 bridgehead atoms. The van der Waals surface area contributed by atoms with Gasteiger partial charge in [-0.1, -0.05) is 95.8 Å². The molecule has 2 nitrogen and oxygen atoms in total. The first-order chi connectivity index (χ1) is 12.5. The first-order valence-corrected chi connectivity index (χ1v) is 11.0. The Kier molecular flexibility index (Phi) is 16.1. The standard InChI is InChI=1S/C24H43NO.BrH/c1-4-5-6-7-8-9-10-11-12-13-14-18-21-23(24(2,3)25)26-22-19-16-15-17-20-22;/h15-17,19-20,23H,4-14,18,21,25H2,1-3H3;1H. The van der Waals surface area contributed by atoms with Crippen molar-refractivity contribution in [2.75, 3.05) is 0 Å². The number of unbranched alkanes of at least 4 members (excludes halogenated alkanes) is 11. The highest BCUT2D eigenvalue weighted by atomic mass is 79.9. The SMILES string of the molecule is Br.CCCCCCCCCCCCCCC(Oc1ccccc1)C(C)(C)N. The van der Waals surface area contributed by atoms with Crippen LogP contribution in [0.3, 0.4) is 0 Å². The van der Waals surface area contributed by atoms with Gasteiger partial charge in [0.1, 0.15) is 11.9 Å². The van der Waals surface area contributed by atoms with Crippen molar-refractivity contribution < 1.29 is 4.74 Å². The number of rotatable bonds is 16. The van der Waals surface area contributed by atoms with Crippen LogP contribution in [0.1, 0.15) is 104 Å². The van der Waals surface area contributed by atoms with Crippen molar-refractivity contribution in [3.8, 4) is 5.75 Å². The van der Waals surface area contributed by atoms with Crippen molar-refractivity contribution in [1.29, 1.82) is 0 Å². The fraction of sp³-hybridized carbons (Fsp3) is 0.750. The van der Waals surface area contributed by atoms with Gasteiger partial charge < -0.3 is 10.5 Å². The van der Waals surface area contributed by atoms with Crippen LogP contribution in [-0.4, -0.2) is 11.6 Å². The van der Waals surface area contributed by atoms with Crippen LogP contribution in [0.15, 0.2) is 30.3 Å². The van der Waals surface area contributed by atoms with E-state index in [2.05, 4.69) is 20.8 Å². The summed E-state index contributed by atoms with van der Waals surface area (Å²) in [6, 6.07) is 10.1. The number of hydrogen-bond acceptors (Lipinski definition) is 2. The van der Waals surface area contributed by atoms with E-state index in [1.807, 2.05) is 30.3 Å².